The van der Waals surface area contributed by atoms with Crippen LogP contribution < -0.4 is 10.3 Å². The molecule has 0 aliphatic heterocycles. The van der Waals surface area contributed by atoms with E-state index in [0.717, 1.165) is 23.6 Å². The number of nitrogens with one attached hydrogen (secondary N) is 1. The van der Waals surface area contributed by atoms with E-state index in [9.17, 15) is 18.0 Å². The highest BCUT2D eigenvalue weighted by atomic mass is 19.4. The molecule has 3 rings (SSSR count). The van der Waals surface area contributed by atoms with Gasteiger partial charge in [-0.15, -0.1) is 0 Å². The number of aromatic amines is 1. The summed E-state index contributed by atoms with van der Waals surface area (Å²) in [5, 5.41) is 0.942. The third-order valence-corrected chi connectivity index (χ3v) is 4.08. The largest absolute Gasteiger partial charge is 0.481 e. The van der Waals surface area contributed by atoms with E-state index >= 15 is 0 Å². The van der Waals surface area contributed by atoms with Gasteiger partial charge in [0.1, 0.15) is 5.75 Å². The van der Waals surface area contributed by atoms with E-state index in [2.05, 4.69) is 4.98 Å². The van der Waals surface area contributed by atoms with Crippen LogP contribution in [0, 0.1) is 6.92 Å². The van der Waals surface area contributed by atoms with Crippen LogP contribution in [0.5, 0.6) is 5.75 Å². The van der Waals surface area contributed by atoms with Gasteiger partial charge in [-0.25, -0.2) is 0 Å². The Morgan fingerprint density at radius 2 is 1.76 bits per heavy atom. The van der Waals surface area contributed by atoms with Crippen molar-refractivity contribution in [1.29, 1.82) is 0 Å². The van der Waals surface area contributed by atoms with E-state index in [1.54, 1.807) is 12.3 Å². The zero-order valence-corrected chi connectivity index (χ0v) is 13.6. The number of aromatic nitrogens is 1. The first-order valence-corrected chi connectivity index (χ1v) is 7.72. The van der Waals surface area contributed by atoms with Crippen LogP contribution >= 0.6 is 0 Å². The van der Waals surface area contributed by atoms with Gasteiger partial charge < -0.3 is 9.72 Å². The predicted octanol–water partition coefficient (Wildman–Crippen LogP) is 4.83. The van der Waals surface area contributed by atoms with E-state index in [4.69, 9.17) is 4.74 Å². The molecule has 1 unspecified atom stereocenters. The molecule has 0 aliphatic rings. The van der Waals surface area contributed by atoms with Crippen LogP contribution in [0.1, 0.15) is 12.5 Å². The molecule has 6 heteroatoms. The molecule has 0 amide bonds. The molecule has 0 aliphatic carbocycles. The molecule has 3 aromatic rings. The first-order valence-electron chi connectivity index (χ1n) is 7.72. The molecule has 0 spiro atoms. The van der Waals surface area contributed by atoms with Crippen LogP contribution in [-0.4, -0.2) is 17.3 Å². The van der Waals surface area contributed by atoms with Crippen molar-refractivity contribution in [2.24, 2.45) is 0 Å². The molecule has 130 valence electrons. The zero-order valence-electron chi connectivity index (χ0n) is 13.6. The molecule has 3 nitrogen and oxygen atoms in total. The maximum atomic E-state index is 12.7. The summed E-state index contributed by atoms with van der Waals surface area (Å²) < 4.78 is 42.9. The van der Waals surface area contributed by atoms with E-state index in [0.29, 0.717) is 5.39 Å². The van der Waals surface area contributed by atoms with Gasteiger partial charge in [0.2, 0.25) is 0 Å². The molecule has 0 radical (unpaired) electrons. The lowest BCUT2D eigenvalue weighted by molar-refractivity contribution is -0.189. The van der Waals surface area contributed by atoms with Crippen LogP contribution in [0.2, 0.25) is 0 Å². The van der Waals surface area contributed by atoms with Crippen molar-refractivity contribution in [1.82, 2.24) is 4.98 Å². The molecule has 25 heavy (non-hydrogen) atoms. The number of alkyl halides is 3. The van der Waals surface area contributed by atoms with Crippen molar-refractivity contribution in [2.45, 2.75) is 26.1 Å². The summed E-state index contributed by atoms with van der Waals surface area (Å²) in [7, 11) is 0. The minimum absolute atomic E-state index is 0.00441. The molecule has 1 heterocycles. The number of pyridine rings is 1. The van der Waals surface area contributed by atoms with Gasteiger partial charge in [-0.05, 0) is 48.6 Å². The molecule has 1 atom stereocenters. The molecule has 2 aromatic carbocycles. The molecular formula is C19H16F3NO2. The highest BCUT2D eigenvalue weighted by Gasteiger charge is 2.38. The lowest BCUT2D eigenvalue weighted by Gasteiger charge is -2.18. The van der Waals surface area contributed by atoms with Gasteiger partial charge in [-0.2, -0.15) is 13.2 Å². The molecule has 0 bridgehead atoms. The summed E-state index contributed by atoms with van der Waals surface area (Å²) in [6.07, 6.45) is -4.81. The van der Waals surface area contributed by atoms with Gasteiger partial charge in [0.05, 0.1) is 5.39 Å². The second-order valence-corrected chi connectivity index (χ2v) is 5.86. The fourth-order valence-electron chi connectivity index (χ4n) is 2.68. The zero-order chi connectivity index (χ0) is 18.2. The Morgan fingerprint density at radius 1 is 1.04 bits per heavy atom. The highest BCUT2D eigenvalue weighted by Crippen LogP contribution is 2.31. The third-order valence-electron chi connectivity index (χ3n) is 4.08. The smallest absolute Gasteiger partial charge is 0.425 e. The van der Waals surface area contributed by atoms with Crippen molar-refractivity contribution < 1.29 is 17.9 Å². The summed E-state index contributed by atoms with van der Waals surface area (Å²) in [5.74, 6) is 0.00441. The molecule has 1 aromatic heterocycles. The van der Waals surface area contributed by atoms with E-state index in [-0.39, 0.29) is 16.7 Å². The minimum Gasteiger partial charge on any atom is -0.481 e. The molecule has 0 saturated carbocycles. The number of halogens is 3. The Balaban J connectivity index is 2.11. The number of aryl methyl sites for hydroxylation is 1. The van der Waals surface area contributed by atoms with Gasteiger partial charge in [0.25, 0.3) is 5.56 Å². The van der Waals surface area contributed by atoms with Crippen LogP contribution in [0.3, 0.4) is 0 Å². The van der Waals surface area contributed by atoms with Gasteiger partial charge >= 0.3 is 6.18 Å². The van der Waals surface area contributed by atoms with Crippen molar-refractivity contribution in [3.63, 3.8) is 0 Å². The van der Waals surface area contributed by atoms with Crippen molar-refractivity contribution in [2.75, 3.05) is 0 Å². The Kier molecular flexibility index (Phi) is 4.29. The Labute approximate surface area is 142 Å². The maximum Gasteiger partial charge on any atom is 0.425 e. The van der Waals surface area contributed by atoms with E-state index < -0.39 is 12.3 Å². The molecule has 0 saturated heterocycles. The fraction of sp³-hybridized carbons (Fsp3) is 0.211. The van der Waals surface area contributed by atoms with Gasteiger partial charge in [0, 0.05) is 11.8 Å². The summed E-state index contributed by atoms with van der Waals surface area (Å²) in [6, 6.07) is 12.1. The van der Waals surface area contributed by atoms with Crippen molar-refractivity contribution >= 4 is 10.8 Å². The van der Waals surface area contributed by atoms with E-state index in [1.807, 2.05) is 31.2 Å². The number of hydrogen-bond acceptors (Lipinski definition) is 2. The van der Waals surface area contributed by atoms with Crippen LogP contribution in [-0.2, 0) is 0 Å². The maximum absolute atomic E-state index is 12.7. The Hall–Kier alpha value is -2.76. The van der Waals surface area contributed by atoms with Gasteiger partial charge in [-0.3, -0.25) is 4.79 Å². The number of hydrogen-bond donors (Lipinski definition) is 1. The number of ether oxygens (including phenoxy) is 1. The second kappa shape index (κ2) is 6.27. The second-order valence-electron chi connectivity index (χ2n) is 5.86. The fourth-order valence-corrected chi connectivity index (χ4v) is 2.68. The average Bonchev–Trinajstić information content (AvgIpc) is 2.56. The van der Waals surface area contributed by atoms with Gasteiger partial charge in [-0.1, -0.05) is 24.3 Å². The summed E-state index contributed by atoms with van der Waals surface area (Å²) in [5.41, 5.74) is 2.41. The van der Waals surface area contributed by atoms with Crippen molar-refractivity contribution in [3.05, 3.63) is 64.6 Å². The predicted molar refractivity (Wildman–Crippen MR) is 90.9 cm³/mol. The third kappa shape index (κ3) is 3.38. The van der Waals surface area contributed by atoms with Gasteiger partial charge in [0.15, 0.2) is 6.10 Å². The first kappa shape index (κ1) is 17.1. The number of H-pyrrole nitrogens is 1. The summed E-state index contributed by atoms with van der Waals surface area (Å²) >= 11 is 0. The Morgan fingerprint density at radius 3 is 2.44 bits per heavy atom. The van der Waals surface area contributed by atoms with Crippen LogP contribution in [0.4, 0.5) is 13.2 Å². The molecular weight excluding hydrogens is 331 g/mol. The first-order chi connectivity index (χ1) is 11.8. The summed E-state index contributed by atoms with van der Waals surface area (Å²) in [4.78, 5) is 14.8. The van der Waals surface area contributed by atoms with Crippen molar-refractivity contribution in [3.8, 4) is 16.9 Å². The standard InChI is InChI=1S/C19H16F3NO2/c1-11-5-3-4-6-14(11)17-10-23-18(24)16-9-13(7-8-15(16)17)25-12(2)19(20,21)22/h3-10,12H,1-2H3,(H,23,24). The highest BCUT2D eigenvalue weighted by molar-refractivity contribution is 5.97. The average molecular weight is 347 g/mol. The number of rotatable bonds is 3. The van der Waals surface area contributed by atoms with E-state index in [1.165, 1.54) is 12.1 Å². The monoisotopic (exact) mass is 347 g/mol. The summed E-state index contributed by atoms with van der Waals surface area (Å²) in [6.45, 7) is 2.88. The number of benzene rings is 2. The van der Waals surface area contributed by atoms with Crippen LogP contribution in [0.25, 0.3) is 21.9 Å². The molecule has 0 fully saturated rings. The quantitative estimate of drug-likeness (QED) is 0.737. The lowest BCUT2D eigenvalue weighted by Crippen LogP contribution is -2.31. The Bertz CT molecular complexity index is 976. The lowest BCUT2D eigenvalue weighted by atomic mass is 9.97. The minimum atomic E-state index is -4.47. The van der Waals surface area contributed by atoms with Crippen LogP contribution in [0.15, 0.2) is 53.5 Å². The molecule has 1 N–H and O–H groups in total. The normalized spacial score (nSPS) is 13.0. The number of fused-ring (bicyclic) bond motifs is 1. The SMILES string of the molecule is Cc1ccccc1-c1c[nH]c(=O)c2cc(OC(C)C(F)(F)F)ccc12. The topological polar surface area (TPSA) is 42.1 Å².